The van der Waals surface area contributed by atoms with Crippen molar-refractivity contribution < 1.29 is 10.0 Å². The van der Waals surface area contributed by atoms with Crippen molar-refractivity contribution in [2.24, 2.45) is 5.10 Å². The smallest absolute Gasteiger partial charge is 0.126 e. The van der Waals surface area contributed by atoms with Crippen molar-refractivity contribution in [3.05, 3.63) is 59.7 Å². The molecule has 0 aromatic heterocycles. The number of nitrogens with zero attached hydrogens (tertiary/aromatic N) is 3. The van der Waals surface area contributed by atoms with Crippen molar-refractivity contribution in [2.75, 3.05) is 44.2 Å². The molecule has 0 aliphatic carbocycles. The Labute approximate surface area is 162 Å². The van der Waals surface area contributed by atoms with E-state index in [0.29, 0.717) is 0 Å². The highest BCUT2D eigenvalue weighted by Crippen LogP contribution is 2.23. The van der Waals surface area contributed by atoms with Gasteiger partial charge < -0.3 is 14.9 Å². The normalized spacial score (nSPS) is 15.4. The van der Waals surface area contributed by atoms with Gasteiger partial charge in [-0.15, -0.1) is 0 Å². The number of nitrogens with one attached hydrogen (secondary N) is 1. The lowest BCUT2D eigenvalue weighted by atomic mass is 10.2. The Morgan fingerprint density at radius 2 is 1.78 bits per heavy atom. The van der Waals surface area contributed by atoms with Crippen LogP contribution in [0.25, 0.3) is 0 Å². The highest BCUT2D eigenvalue weighted by Gasteiger charge is 2.18. The van der Waals surface area contributed by atoms with E-state index in [1.165, 1.54) is 5.56 Å². The number of hydrogen-bond donors (Lipinski definition) is 2. The molecule has 1 heterocycles. The lowest BCUT2D eigenvalue weighted by molar-refractivity contribution is -0.918. The molecule has 0 atom stereocenters. The van der Waals surface area contributed by atoms with Crippen LogP contribution in [-0.4, -0.2) is 55.6 Å². The predicted molar refractivity (Wildman–Crippen MR) is 112 cm³/mol. The van der Waals surface area contributed by atoms with Crippen LogP contribution in [0.2, 0.25) is 0 Å². The van der Waals surface area contributed by atoms with Gasteiger partial charge in [-0.1, -0.05) is 30.3 Å². The molecule has 3 rings (SSSR count). The quantitative estimate of drug-likeness (QED) is 0.736. The molecule has 1 fully saturated rings. The van der Waals surface area contributed by atoms with Crippen LogP contribution in [0.3, 0.4) is 0 Å². The minimum atomic E-state index is 0.288. The van der Waals surface area contributed by atoms with E-state index < -0.39 is 0 Å². The molecular weight excluding hydrogens is 336 g/mol. The second-order valence-electron chi connectivity index (χ2n) is 7.03. The monoisotopic (exact) mass is 367 g/mol. The Hall–Kier alpha value is -2.53. The number of hydrogen-bond acceptors (Lipinski definition) is 4. The number of rotatable bonds is 7. The second kappa shape index (κ2) is 9.42. The maximum absolute atomic E-state index is 10.3. The Morgan fingerprint density at radius 3 is 2.41 bits per heavy atom. The number of hydrazone groups is 1. The highest BCUT2D eigenvalue weighted by atomic mass is 16.3. The number of benzene rings is 2. The largest absolute Gasteiger partial charge is 0.507 e. The van der Waals surface area contributed by atoms with E-state index in [2.05, 4.69) is 65.3 Å². The van der Waals surface area contributed by atoms with Gasteiger partial charge in [0.2, 0.25) is 0 Å². The molecule has 0 bridgehead atoms. The van der Waals surface area contributed by atoms with Gasteiger partial charge in [0, 0.05) is 36.0 Å². The lowest BCUT2D eigenvalue weighted by Gasteiger charge is -2.30. The average Bonchev–Trinajstić information content (AvgIpc) is 2.70. The summed E-state index contributed by atoms with van der Waals surface area (Å²) in [5, 5.41) is 17.0. The van der Waals surface area contributed by atoms with Crippen LogP contribution in [0, 0.1) is 0 Å². The fourth-order valence-corrected chi connectivity index (χ4v) is 3.56. The van der Waals surface area contributed by atoms with Crippen LogP contribution in [-0.2, 0) is 6.54 Å². The van der Waals surface area contributed by atoms with Gasteiger partial charge in [0.25, 0.3) is 0 Å². The lowest BCUT2D eigenvalue weighted by Crippen LogP contribution is -3.13. The molecule has 1 aliphatic rings. The first-order chi connectivity index (χ1) is 13.2. The van der Waals surface area contributed by atoms with Crippen molar-refractivity contribution >= 4 is 11.9 Å². The first-order valence-electron chi connectivity index (χ1n) is 9.94. The number of phenols is 1. The third-order valence-corrected chi connectivity index (χ3v) is 5.25. The molecular formula is C22H31N4O+. The summed E-state index contributed by atoms with van der Waals surface area (Å²) in [4.78, 5) is 3.81. The van der Waals surface area contributed by atoms with Gasteiger partial charge in [0.05, 0.1) is 32.4 Å². The van der Waals surface area contributed by atoms with E-state index in [9.17, 15) is 5.11 Å². The summed E-state index contributed by atoms with van der Waals surface area (Å²) >= 11 is 0. The van der Waals surface area contributed by atoms with Crippen LogP contribution in [0.4, 0.5) is 5.69 Å². The van der Waals surface area contributed by atoms with Crippen LogP contribution in [0.5, 0.6) is 5.75 Å². The molecule has 0 amide bonds. The van der Waals surface area contributed by atoms with E-state index in [1.807, 2.05) is 12.1 Å². The first-order valence-corrected chi connectivity index (χ1v) is 9.94. The van der Waals surface area contributed by atoms with E-state index in [4.69, 9.17) is 0 Å². The molecule has 5 nitrogen and oxygen atoms in total. The van der Waals surface area contributed by atoms with Gasteiger partial charge in [-0.2, -0.15) is 5.10 Å². The molecule has 1 aliphatic heterocycles. The van der Waals surface area contributed by atoms with E-state index >= 15 is 0 Å². The summed E-state index contributed by atoms with van der Waals surface area (Å²) in [6, 6.07) is 16.5. The summed E-state index contributed by atoms with van der Waals surface area (Å²) in [5.41, 5.74) is 3.21. The molecule has 0 saturated carbocycles. The Morgan fingerprint density at radius 1 is 1.07 bits per heavy atom. The van der Waals surface area contributed by atoms with Gasteiger partial charge in [0.1, 0.15) is 12.3 Å². The maximum Gasteiger partial charge on any atom is 0.126 e. The average molecular weight is 368 g/mol. The zero-order chi connectivity index (χ0) is 19.1. The van der Waals surface area contributed by atoms with Crippen molar-refractivity contribution in [3.8, 4) is 5.75 Å². The number of phenolic OH excluding ortho intramolecular Hbond substituents is 1. The van der Waals surface area contributed by atoms with Gasteiger partial charge >= 0.3 is 0 Å². The summed E-state index contributed by atoms with van der Waals surface area (Å²) < 4.78 is 0. The Balaban J connectivity index is 1.53. The fraction of sp³-hybridized carbons (Fsp3) is 0.409. The highest BCUT2D eigenvalue weighted by molar-refractivity contribution is 5.84. The van der Waals surface area contributed by atoms with Crippen LogP contribution < -0.4 is 9.80 Å². The van der Waals surface area contributed by atoms with E-state index in [-0.39, 0.29) is 5.75 Å². The molecule has 0 radical (unpaired) electrons. The zero-order valence-corrected chi connectivity index (χ0v) is 16.4. The summed E-state index contributed by atoms with van der Waals surface area (Å²) in [7, 11) is 0. The third kappa shape index (κ3) is 5.23. The standard InChI is InChI=1S/C22H30N4O/c1-3-25(4-2)21-11-10-20(22(27)16-21)17-23-26-14-12-24(13-15-26)18-19-8-6-5-7-9-19/h5-11,16-17,27H,3-4,12-15,18H2,1-2H3/p+1/b23-17+. The van der Waals surface area contributed by atoms with E-state index in [0.717, 1.165) is 57.1 Å². The van der Waals surface area contributed by atoms with E-state index in [1.54, 1.807) is 11.1 Å². The summed E-state index contributed by atoms with van der Waals surface area (Å²) in [5.74, 6) is 0.288. The molecule has 1 saturated heterocycles. The summed E-state index contributed by atoms with van der Waals surface area (Å²) in [6.45, 7) is 11.2. The first kappa shape index (κ1) is 19.2. The predicted octanol–water partition coefficient (Wildman–Crippen LogP) is 1.97. The Kier molecular flexibility index (Phi) is 6.71. The van der Waals surface area contributed by atoms with Gasteiger partial charge in [0.15, 0.2) is 0 Å². The van der Waals surface area contributed by atoms with Crippen molar-refractivity contribution in [1.29, 1.82) is 0 Å². The van der Waals surface area contributed by atoms with Gasteiger partial charge in [-0.05, 0) is 26.0 Å². The summed E-state index contributed by atoms with van der Waals surface area (Å²) in [6.07, 6.45) is 1.78. The molecule has 5 heteroatoms. The molecule has 2 aromatic rings. The van der Waals surface area contributed by atoms with Crippen LogP contribution in [0.1, 0.15) is 25.0 Å². The molecule has 0 unspecified atom stereocenters. The molecule has 144 valence electrons. The second-order valence-corrected chi connectivity index (χ2v) is 7.03. The maximum atomic E-state index is 10.3. The van der Waals surface area contributed by atoms with Crippen molar-refractivity contribution in [1.82, 2.24) is 5.01 Å². The Bertz CT molecular complexity index is 735. The molecule has 2 aromatic carbocycles. The third-order valence-electron chi connectivity index (χ3n) is 5.25. The number of piperazine rings is 1. The molecule has 2 N–H and O–H groups in total. The van der Waals surface area contributed by atoms with Crippen LogP contribution >= 0.6 is 0 Å². The minimum Gasteiger partial charge on any atom is -0.507 e. The van der Waals surface area contributed by atoms with Crippen molar-refractivity contribution in [2.45, 2.75) is 20.4 Å². The molecule has 27 heavy (non-hydrogen) atoms. The zero-order valence-electron chi connectivity index (χ0n) is 16.4. The SMILES string of the molecule is CCN(CC)c1ccc(/C=N/N2CC[NH+](Cc3ccccc3)CC2)c(O)c1. The number of aromatic hydroxyl groups is 1. The number of anilines is 1. The fourth-order valence-electron chi connectivity index (χ4n) is 3.56. The molecule has 0 spiro atoms. The number of quaternary nitrogens is 1. The van der Waals surface area contributed by atoms with Gasteiger partial charge in [-0.3, -0.25) is 5.01 Å². The van der Waals surface area contributed by atoms with Crippen LogP contribution in [0.15, 0.2) is 53.6 Å². The minimum absolute atomic E-state index is 0.288. The van der Waals surface area contributed by atoms with Crippen molar-refractivity contribution in [3.63, 3.8) is 0 Å². The topological polar surface area (TPSA) is 43.5 Å². The van der Waals surface area contributed by atoms with Gasteiger partial charge in [-0.25, -0.2) is 0 Å².